The van der Waals surface area contributed by atoms with Crippen molar-refractivity contribution in [1.82, 2.24) is 10.6 Å². The zero-order valence-electron chi connectivity index (χ0n) is 12.1. The minimum absolute atomic E-state index is 0.0789. The van der Waals surface area contributed by atoms with Crippen molar-refractivity contribution in [3.05, 3.63) is 57.8 Å². The molecule has 2 N–H and O–H groups in total. The molecule has 1 saturated carbocycles. The van der Waals surface area contributed by atoms with Gasteiger partial charge in [-0.3, -0.25) is 0 Å². The number of thiophene rings is 1. The highest BCUT2D eigenvalue weighted by molar-refractivity contribution is 7.10. The van der Waals surface area contributed by atoms with Crippen LogP contribution in [-0.4, -0.2) is 12.6 Å². The van der Waals surface area contributed by atoms with Crippen LogP contribution in [0.15, 0.2) is 41.8 Å². The van der Waals surface area contributed by atoms with Crippen LogP contribution < -0.4 is 10.6 Å². The number of urea groups is 1. The van der Waals surface area contributed by atoms with Crippen LogP contribution in [0.5, 0.6) is 0 Å². The molecule has 1 aromatic heterocycles. The topological polar surface area (TPSA) is 41.1 Å². The van der Waals surface area contributed by atoms with Gasteiger partial charge in [-0.05, 0) is 42.7 Å². The van der Waals surface area contributed by atoms with Crippen LogP contribution in [0.3, 0.4) is 0 Å². The van der Waals surface area contributed by atoms with Gasteiger partial charge in [-0.2, -0.15) is 0 Å². The molecule has 3 nitrogen and oxygen atoms in total. The van der Waals surface area contributed by atoms with E-state index < -0.39 is 0 Å². The summed E-state index contributed by atoms with van der Waals surface area (Å²) >= 11 is 1.67. The zero-order valence-corrected chi connectivity index (χ0v) is 13.0. The lowest BCUT2D eigenvalue weighted by molar-refractivity contribution is 0.238. The van der Waals surface area contributed by atoms with Crippen LogP contribution in [0.4, 0.5) is 4.79 Å². The standard InChI is InChI=1S/C17H20N2OS/c1-12-4-8-14(9-5-12)16(15-3-2-10-21-15)19-17(20)18-11-13-6-7-13/h2-5,8-10,13,16H,6-7,11H2,1H3,(H2,18,19,20)/t16-/m1/s1. The van der Waals surface area contributed by atoms with Crippen molar-refractivity contribution in [2.75, 3.05) is 6.54 Å². The molecular formula is C17H20N2OS. The normalized spacial score (nSPS) is 15.5. The highest BCUT2D eigenvalue weighted by Crippen LogP contribution is 2.28. The van der Waals surface area contributed by atoms with Gasteiger partial charge < -0.3 is 10.6 Å². The van der Waals surface area contributed by atoms with Gasteiger partial charge in [-0.25, -0.2) is 4.79 Å². The molecule has 1 aliphatic rings. The van der Waals surface area contributed by atoms with Crippen molar-refractivity contribution >= 4 is 17.4 Å². The Morgan fingerprint density at radius 1 is 1.29 bits per heavy atom. The average Bonchev–Trinajstić information content (AvgIpc) is 3.16. The summed E-state index contributed by atoms with van der Waals surface area (Å²) in [6, 6.07) is 12.3. The largest absolute Gasteiger partial charge is 0.338 e. The lowest BCUT2D eigenvalue weighted by Crippen LogP contribution is -2.39. The fourth-order valence-electron chi connectivity index (χ4n) is 2.27. The van der Waals surface area contributed by atoms with Gasteiger partial charge in [-0.15, -0.1) is 11.3 Å². The first-order valence-corrected chi connectivity index (χ1v) is 8.24. The second-order valence-electron chi connectivity index (χ2n) is 5.66. The number of aryl methyl sites for hydroxylation is 1. The summed E-state index contributed by atoms with van der Waals surface area (Å²) in [6.45, 7) is 2.86. The summed E-state index contributed by atoms with van der Waals surface area (Å²) < 4.78 is 0. The number of carbonyl (C=O) groups excluding carboxylic acids is 1. The quantitative estimate of drug-likeness (QED) is 0.865. The number of rotatable bonds is 5. The van der Waals surface area contributed by atoms with Gasteiger partial charge in [0.25, 0.3) is 0 Å². The van der Waals surface area contributed by atoms with Crippen LogP contribution in [-0.2, 0) is 0 Å². The molecule has 0 radical (unpaired) electrons. The SMILES string of the molecule is Cc1ccc([C@@H](NC(=O)NCC2CC2)c2cccs2)cc1. The lowest BCUT2D eigenvalue weighted by atomic mass is 10.0. The smallest absolute Gasteiger partial charge is 0.315 e. The van der Waals surface area contributed by atoms with Gasteiger partial charge in [0.05, 0.1) is 6.04 Å². The van der Waals surface area contributed by atoms with E-state index in [2.05, 4.69) is 47.9 Å². The molecular weight excluding hydrogens is 280 g/mol. The lowest BCUT2D eigenvalue weighted by Gasteiger charge is -2.18. The molecule has 0 unspecified atom stereocenters. The molecule has 3 rings (SSSR count). The summed E-state index contributed by atoms with van der Waals surface area (Å²) in [5.41, 5.74) is 2.34. The van der Waals surface area contributed by atoms with E-state index in [-0.39, 0.29) is 12.1 Å². The first-order chi connectivity index (χ1) is 10.2. The fourth-order valence-corrected chi connectivity index (χ4v) is 3.08. The molecule has 1 atom stereocenters. The third kappa shape index (κ3) is 3.85. The van der Waals surface area contributed by atoms with Crippen molar-refractivity contribution in [2.24, 2.45) is 5.92 Å². The first-order valence-electron chi connectivity index (χ1n) is 7.36. The van der Waals surface area contributed by atoms with Crippen LogP contribution in [0.1, 0.15) is 34.9 Å². The Hall–Kier alpha value is -1.81. The molecule has 1 fully saturated rings. The van der Waals surface area contributed by atoms with Crippen molar-refractivity contribution in [2.45, 2.75) is 25.8 Å². The minimum atomic E-state index is -0.0825. The van der Waals surface area contributed by atoms with Crippen LogP contribution in [0, 0.1) is 12.8 Å². The van der Waals surface area contributed by atoms with Gasteiger partial charge in [0.1, 0.15) is 0 Å². The van der Waals surface area contributed by atoms with E-state index >= 15 is 0 Å². The summed E-state index contributed by atoms with van der Waals surface area (Å²) in [7, 11) is 0. The molecule has 0 saturated heterocycles. The molecule has 2 amide bonds. The zero-order chi connectivity index (χ0) is 14.7. The Morgan fingerprint density at radius 2 is 2.05 bits per heavy atom. The first kappa shape index (κ1) is 14.1. The van der Waals surface area contributed by atoms with E-state index in [1.165, 1.54) is 18.4 Å². The van der Waals surface area contributed by atoms with Gasteiger partial charge in [0.2, 0.25) is 0 Å². The molecule has 21 heavy (non-hydrogen) atoms. The van der Waals surface area contributed by atoms with E-state index in [1.54, 1.807) is 11.3 Å². The van der Waals surface area contributed by atoms with E-state index in [1.807, 2.05) is 11.4 Å². The van der Waals surface area contributed by atoms with Gasteiger partial charge in [0.15, 0.2) is 0 Å². The van der Waals surface area contributed by atoms with Crippen LogP contribution in [0.25, 0.3) is 0 Å². The maximum absolute atomic E-state index is 12.1. The Bertz CT molecular complexity index is 588. The highest BCUT2D eigenvalue weighted by atomic mass is 32.1. The number of hydrogen-bond acceptors (Lipinski definition) is 2. The van der Waals surface area contributed by atoms with E-state index in [0.717, 1.165) is 17.0 Å². The molecule has 0 spiro atoms. The molecule has 2 aromatic rings. The van der Waals surface area contributed by atoms with Crippen molar-refractivity contribution < 1.29 is 4.79 Å². The van der Waals surface area contributed by atoms with Crippen LogP contribution >= 0.6 is 11.3 Å². The fraction of sp³-hybridized carbons (Fsp3) is 0.353. The maximum atomic E-state index is 12.1. The average molecular weight is 300 g/mol. The number of nitrogens with one attached hydrogen (secondary N) is 2. The Kier molecular flexibility index (Phi) is 4.25. The van der Waals surface area contributed by atoms with Crippen molar-refractivity contribution in [1.29, 1.82) is 0 Å². The van der Waals surface area contributed by atoms with Gasteiger partial charge >= 0.3 is 6.03 Å². The highest BCUT2D eigenvalue weighted by Gasteiger charge is 2.23. The second-order valence-corrected chi connectivity index (χ2v) is 6.64. The van der Waals surface area contributed by atoms with Gasteiger partial charge in [-0.1, -0.05) is 35.9 Å². The second kappa shape index (κ2) is 6.31. The predicted octanol–water partition coefficient (Wildman–Crippen LogP) is 3.86. The third-order valence-electron chi connectivity index (χ3n) is 3.76. The summed E-state index contributed by atoms with van der Waals surface area (Å²) in [4.78, 5) is 13.3. The summed E-state index contributed by atoms with van der Waals surface area (Å²) in [6.07, 6.45) is 2.49. The van der Waals surface area contributed by atoms with E-state index in [4.69, 9.17) is 0 Å². The van der Waals surface area contributed by atoms with Crippen molar-refractivity contribution in [3.63, 3.8) is 0 Å². The monoisotopic (exact) mass is 300 g/mol. The molecule has 0 aliphatic heterocycles. The Labute approximate surface area is 129 Å². The number of benzene rings is 1. The molecule has 1 aliphatic carbocycles. The van der Waals surface area contributed by atoms with Gasteiger partial charge in [0, 0.05) is 11.4 Å². The Morgan fingerprint density at radius 3 is 2.67 bits per heavy atom. The molecule has 1 aromatic carbocycles. The summed E-state index contributed by atoms with van der Waals surface area (Å²) in [5, 5.41) is 8.11. The maximum Gasteiger partial charge on any atom is 0.315 e. The number of carbonyl (C=O) groups is 1. The van der Waals surface area contributed by atoms with Crippen molar-refractivity contribution in [3.8, 4) is 0 Å². The molecule has 4 heteroatoms. The number of hydrogen-bond donors (Lipinski definition) is 2. The molecule has 110 valence electrons. The van der Waals surface area contributed by atoms with Crippen LogP contribution in [0.2, 0.25) is 0 Å². The molecule has 1 heterocycles. The third-order valence-corrected chi connectivity index (χ3v) is 4.70. The summed E-state index contributed by atoms with van der Waals surface area (Å²) in [5.74, 6) is 0.690. The minimum Gasteiger partial charge on any atom is -0.338 e. The molecule has 0 bridgehead atoms. The Balaban J connectivity index is 1.72. The van der Waals surface area contributed by atoms with E-state index in [9.17, 15) is 4.79 Å². The number of amides is 2. The van der Waals surface area contributed by atoms with E-state index in [0.29, 0.717) is 5.92 Å². The predicted molar refractivity (Wildman–Crippen MR) is 86.6 cm³/mol.